The van der Waals surface area contributed by atoms with Crippen LogP contribution in [-0.4, -0.2) is 191 Å². The van der Waals surface area contributed by atoms with Crippen molar-refractivity contribution in [2.45, 2.75) is 96.6 Å². The highest BCUT2D eigenvalue weighted by Gasteiger charge is 2.45. The van der Waals surface area contributed by atoms with Crippen molar-refractivity contribution in [3.63, 3.8) is 0 Å². The highest BCUT2D eigenvalue weighted by atomic mass is 32.2. The van der Waals surface area contributed by atoms with Crippen LogP contribution in [0.2, 0.25) is 0 Å². The first-order valence-electron chi connectivity index (χ1n) is 30.1. The molecule has 5 atom stereocenters. The van der Waals surface area contributed by atoms with Crippen molar-refractivity contribution in [2.24, 2.45) is 11.3 Å². The van der Waals surface area contributed by atoms with Gasteiger partial charge in [0.05, 0.1) is 58.9 Å². The number of benzene rings is 3. The maximum Gasteiger partial charge on any atom is 0.306 e. The van der Waals surface area contributed by atoms with Crippen molar-refractivity contribution in [1.82, 2.24) is 44.6 Å². The summed E-state index contributed by atoms with van der Waals surface area (Å²) >= 11 is 1.48. The third-order valence-electron chi connectivity index (χ3n) is 17.2. The summed E-state index contributed by atoms with van der Waals surface area (Å²) in [6.07, 6.45) is 1.41. The number of hydrogen-bond donors (Lipinski definition) is 6. The summed E-state index contributed by atoms with van der Waals surface area (Å²) in [6, 6.07) is 15.5. The number of likely N-dealkylation sites (tertiary alicyclic amines) is 2. The monoisotopic (exact) mass is 1280 g/mol. The summed E-state index contributed by atoms with van der Waals surface area (Å²) in [4.78, 5) is 101. The van der Waals surface area contributed by atoms with Gasteiger partial charge in [0.15, 0.2) is 5.82 Å². The molecule has 3 amide bonds. The van der Waals surface area contributed by atoms with E-state index in [0.29, 0.717) is 41.2 Å². The molecule has 0 radical (unpaired) electrons. The molecule has 0 bridgehead atoms. The molecule has 90 heavy (non-hydrogen) atoms. The average molecular weight is 1280 g/mol. The van der Waals surface area contributed by atoms with E-state index in [1.165, 1.54) is 22.4 Å². The van der Waals surface area contributed by atoms with Gasteiger partial charge in [0, 0.05) is 93.4 Å². The minimum absolute atomic E-state index is 0.0155. The van der Waals surface area contributed by atoms with Crippen molar-refractivity contribution in [3.8, 4) is 21.6 Å². The zero-order valence-electron chi connectivity index (χ0n) is 50.4. The third-order valence-corrected chi connectivity index (χ3v) is 19.6. The first kappa shape index (κ1) is 65.1. The van der Waals surface area contributed by atoms with Crippen LogP contribution in [-0.2, 0) is 38.9 Å². The van der Waals surface area contributed by atoms with E-state index >= 15 is 8.78 Å². The van der Waals surface area contributed by atoms with E-state index in [1.54, 1.807) is 29.9 Å². The van der Waals surface area contributed by atoms with Gasteiger partial charge >= 0.3 is 22.1 Å². The van der Waals surface area contributed by atoms with E-state index in [0.717, 1.165) is 89.4 Å². The van der Waals surface area contributed by atoms with Gasteiger partial charge in [0.2, 0.25) is 23.5 Å². The summed E-state index contributed by atoms with van der Waals surface area (Å²) in [5, 5.41) is 26.2. The average Bonchev–Trinajstić information content (AvgIpc) is 1.52. The number of aliphatic hydroxyl groups excluding tert-OH is 1. The lowest BCUT2D eigenvalue weighted by Gasteiger charge is -2.40. The zero-order chi connectivity index (χ0) is 64.2. The van der Waals surface area contributed by atoms with E-state index < -0.39 is 111 Å². The van der Waals surface area contributed by atoms with Crippen LogP contribution < -0.4 is 20.3 Å². The number of ether oxygens (including phenoxy) is 1. The number of β-amino-alcohol motifs (C(OH)–C–C–N with tert-alkyl or cyclic N) is 1. The number of piperazine rings is 1. The Labute approximate surface area is 523 Å². The Balaban J connectivity index is 0.694. The van der Waals surface area contributed by atoms with Crippen LogP contribution in [0.25, 0.3) is 32.6 Å². The smallest absolute Gasteiger partial charge is 0.306 e. The summed E-state index contributed by atoms with van der Waals surface area (Å²) in [6.45, 7) is 12.0. The van der Waals surface area contributed by atoms with Gasteiger partial charge in [-0.25, -0.2) is 23.1 Å². The first-order valence-corrected chi connectivity index (χ1v) is 32.4. The number of carbonyl (C=O) groups is 6. The molecule has 6 N–H and O–H groups in total. The van der Waals surface area contributed by atoms with E-state index in [2.05, 4.69) is 40.3 Å². The van der Waals surface area contributed by atoms with Crippen LogP contribution in [0, 0.1) is 29.9 Å². The number of alkyl halides is 1. The Hall–Kier alpha value is -7.82. The van der Waals surface area contributed by atoms with Gasteiger partial charge in [0.25, 0.3) is 0 Å². The summed E-state index contributed by atoms with van der Waals surface area (Å²) < 4.78 is 79.0. The van der Waals surface area contributed by atoms with Gasteiger partial charge in [-0.1, -0.05) is 57.2 Å². The van der Waals surface area contributed by atoms with Crippen LogP contribution in [0.4, 0.5) is 24.5 Å². The number of rotatable bonds is 22. The fourth-order valence-corrected chi connectivity index (χ4v) is 14.2. The number of halogens is 3. The number of fused-ring (bicyclic) bond motifs is 1. The van der Waals surface area contributed by atoms with Crippen LogP contribution >= 0.6 is 11.3 Å². The molecular formula is C63H74F3N11O11S2. The molecule has 4 aliphatic heterocycles. The Morgan fingerprint density at radius 2 is 1.56 bits per heavy atom. The summed E-state index contributed by atoms with van der Waals surface area (Å²) in [5.41, 5.74) is 4.34. The molecule has 7 heterocycles. The second-order valence-corrected chi connectivity index (χ2v) is 27.2. The molecule has 0 aliphatic carbocycles. The van der Waals surface area contributed by atoms with Crippen LogP contribution in [0.15, 0.2) is 84.6 Å². The maximum absolute atomic E-state index is 15.9. The van der Waals surface area contributed by atoms with E-state index in [1.807, 2.05) is 68.8 Å². The number of carboxylic acids is 1. The Bertz CT molecular complexity index is 3740. The van der Waals surface area contributed by atoms with Gasteiger partial charge in [-0.05, 0) is 97.6 Å². The number of hydrogen-bond acceptors (Lipinski definition) is 16. The molecule has 27 heteroatoms. The topological polar surface area (TPSA) is 280 Å². The largest absolute Gasteiger partial charge is 0.481 e. The molecular weight excluding hydrogens is 1210 g/mol. The van der Waals surface area contributed by atoms with E-state index in [9.17, 15) is 46.7 Å². The molecule has 6 aromatic rings. The number of nitrogens with one attached hydrogen (secondary N) is 4. The maximum atomic E-state index is 15.9. The lowest BCUT2D eigenvalue weighted by molar-refractivity contribution is -0.149. The van der Waals surface area contributed by atoms with E-state index in [4.69, 9.17) is 9.84 Å². The minimum atomic E-state index is -4.39. The van der Waals surface area contributed by atoms with Crippen molar-refractivity contribution in [2.75, 3.05) is 88.2 Å². The Kier molecular flexibility index (Phi) is 20.1. The molecule has 4 saturated heterocycles. The van der Waals surface area contributed by atoms with Crippen molar-refractivity contribution in [1.29, 1.82) is 0 Å². The molecule has 0 spiro atoms. The number of amides is 3. The molecule has 4 aliphatic rings. The van der Waals surface area contributed by atoms with Gasteiger partial charge in [-0.15, -0.1) is 11.3 Å². The molecule has 3 aromatic carbocycles. The quantitative estimate of drug-likeness (QED) is 0.0314. The number of ketones is 1. The van der Waals surface area contributed by atoms with E-state index in [-0.39, 0.29) is 57.0 Å². The molecule has 22 nitrogen and oxygen atoms in total. The minimum Gasteiger partial charge on any atom is -0.481 e. The fraction of sp³-hybridized carbons (Fsp3) is 0.460. The fourth-order valence-electron chi connectivity index (χ4n) is 12.1. The number of pyridine rings is 1. The Morgan fingerprint density at radius 1 is 0.844 bits per heavy atom. The number of carbonyl (C=O) groups excluding carboxylic acids is 5. The molecule has 3 aromatic heterocycles. The van der Waals surface area contributed by atoms with Crippen LogP contribution in [0.3, 0.4) is 0 Å². The number of carboxylic acid groups (broad SMARTS) is 1. The van der Waals surface area contributed by atoms with Crippen LogP contribution in [0.1, 0.15) is 92.5 Å². The number of H-pyrrole nitrogens is 1. The standard InChI is InChI=1S/C63H74F3N11O11S2/c1-37-58(89-36-69-37)41-7-5-40(6-8-41)50(35-88-54(82)16-15-53(80)81)70-61(84)51-28-45(78)33-77(51)62(85)59(63(2,3)4)71-52(79)34-73-20-17-38(18-21-73)31-74-23-25-75(26-24-74)44-11-9-39(10-12-44)42-27-46-47(30-68-60(46)67-29-42)57(83)55-48(65)13-14-49(56(55)66)72-90(86,87)76-22-19-43(64)32-76/h5-14,27,29-30,36,38,43,45,50-51,59,72,78H,15-26,28,31-35H2,1-4H3,(H,67,68)(H,70,84)(H,71,79)(H,80,81)/t43-,45-,50?,51+,59?/m1/s1. The first-order chi connectivity index (χ1) is 42.9. The van der Waals surface area contributed by atoms with Gasteiger partial charge in [-0.2, -0.15) is 12.7 Å². The number of nitrogens with zero attached hydrogens (tertiary/aromatic N) is 7. The number of aryl methyl sites for hydroxylation is 1. The van der Waals surface area contributed by atoms with Crippen molar-refractivity contribution < 1.29 is 65.3 Å². The number of aromatic amines is 1. The molecule has 480 valence electrons. The number of anilines is 2. The van der Waals surface area contributed by atoms with Crippen molar-refractivity contribution in [3.05, 3.63) is 119 Å². The summed E-state index contributed by atoms with van der Waals surface area (Å²) in [5.74, 6) is -6.59. The highest BCUT2D eigenvalue weighted by Crippen LogP contribution is 2.34. The molecule has 4 fully saturated rings. The number of aliphatic hydroxyl groups is 1. The lowest BCUT2D eigenvalue weighted by atomic mass is 9.85. The highest BCUT2D eigenvalue weighted by molar-refractivity contribution is 7.90. The number of aliphatic carboxylic acids is 1. The van der Waals surface area contributed by atoms with Gasteiger partial charge in [0.1, 0.15) is 36.3 Å². The lowest BCUT2D eigenvalue weighted by Crippen LogP contribution is -2.59. The predicted molar refractivity (Wildman–Crippen MR) is 331 cm³/mol. The summed E-state index contributed by atoms with van der Waals surface area (Å²) in [7, 11) is -4.39. The van der Waals surface area contributed by atoms with Gasteiger partial charge in [-0.3, -0.25) is 43.3 Å². The molecule has 2 unspecified atom stereocenters. The van der Waals surface area contributed by atoms with Crippen LogP contribution in [0.5, 0.6) is 0 Å². The van der Waals surface area contributed by atoms with Gasteiger partial charge < -0.3 is 40.4 Å². The molecule has 0 saturated carbocycles. The number of aromatic nitrogens is 3. The van der Waals surface area contributed by atoms with Crippen molar-refractivity contribution >= 4 is 79.4 Å². The number of esters is 1. The predicted octanol–water partition coefficient (Wildman–Crippen LogP) is 6.46. The second-order valence-electron chi connectivity index (χ2n) is 24.6. The SMILES string of the molecule is Cc1ncsc1-c1ccc(C(COC(=O)CCC(=O)O)NC(=O)[C@@H]2C[C@@H](O)CN2C(=O)C(NC(=O)CN2CCC(CN3CCN(c4ccc(-c5cnc6[nH]cc(C(=O)c7c(F)ccc(NS(=O)(=O)N8CC[C@@H](F)C8)c7F)c6c5)cc4)CC3)CC2)C(C)(C)C)cc1. The third kappa shape index (κ3) is 15.3. The number of thiazole rings is 1. The number of piperidine rings is 1. The normalized spacial score (nSPS) is 19.6. The molecule has 10 rings (SSSR count). The Morgan fingerprint density at radius 3 is 2.21 bits per heavy atom. The zero-order valence-corrected chi connectivity index (χ0v) is 52.1. The second kappa shape index (κ2) is 27.7.